The van der Waals surface area contributed by atoms with Crippen LogP contribution in [0.2, 0.25) is 0 Å². The average Bonchev–Trinajstić information content (AvgIpc) is 2.46. The van der Waals surface area contributed by atoms with Crippen LogP contribution in [0.4, 0.5) is 5.69 Å². The number of carboxylic acids is 1. The predicted molar refractivity (Wildman–Crippen MR) is 82.0 cm³/mol. The molecule has 104 valence electrons. The maximum atomic E-state index is 11.2. The molecular formula is C15H15BrN2O2. The van der Waals surface area contributed by atoms with Gasteiger partial charge in [-0.2, -0.15) is 0 Å². The lowest BCUT2D eigenvalue weighted by atomic mass is 9.97. The van der Waals surface area contributed by atoms with Crippen LogP contribution >= 0.6 is 15.9 Å². The normalized spacial score (nSPS) is 19.2. The Morgan fingerprint density at radius 2 is 2.25 bits per heavy atom. The molecule has 20 heavy (non-hydrogen) atoms. The highest BCUT2D eigenvalue weighted by Crippen LogP contribution is 2.31. The van der Waals surface area contributed by atoms with Crippen molar-refractivity contribution in [1.29, 1.82) is 0 Å². The van der Waals surface area contributed by atoms with E-state index in [1.807, 2.05) is 24.3 Å². The first-order valence-electron chi connectivity index (χ1n) is 6.67. The van der Waals surface area contributed by atoms with Crippen molar-refractivity contribution in [3.8, 4) is 0 Å². The lowest BCUT2D eigenvalue weighted by Crippen LogP contribution is -2.38. The number of carbonyl (C=O) groups is 1. The van der Waals surface area contributed by atoms with E-state index in [0.29, 0.717) is 6.54 Å². The van der Waals surface area contributed by atoms with Crippen molar-refractivity contribution in [2.75, 3.05) is 18.0 Å². The first kappa shape index (κ1) is 13.4. The fourth-order valence-corrected chi connectivity index (χ4v) is 3.14. The summed E-state index contributed by atoms with van der Waals surface area (Å²) in [7, 11) is 0. The topological polar surface area (TPSA) is 53.4 Å². The lowest BCUT2D eigenvalue weighted by Gasteiger charge is -2.33. The average molecular weight is 335 g/mol. The number of pyridine rings is 1. The number of aromatic nitrogens is 1. The molecule has 0 saturated carbocycles. The molecule has 1 N–H and O–H groups in total. The fraction of sp³-hybridized carbons (Fsp3) is 0.333. The molecule has 4 nitrogen and oxygen atoms in total. The van der Waals surface area contributed by atoms with E-state index in [9.17, 15) is 9.90 Å². The number of hydrogen-bond acceptors (Lipinski definition) is 3. The van der Waals surface area contributed by atoms with E-state index >= 15 is 0 Å². The molecule has 0 radical (unpaired) electrons. The second kappa shape index (κ2) is 5.40. The molecule has 1 aromatic carbocycles. The molecule has 0 amide bonds. The number of aliphatic carboxylic acids is 1. The van der Waals surface area contributed by atoms with Crippen LogP contribution in [0, 0.1) is 5.92 Å². The molecule has 1 aliphatic rings. The fourth-order valence-electron chi connectivity index (χ4n) is 2.78. The molecule has 1 unspecified atom stereocenters. The van der Waals surface area contributed by atoms with Gasteiger partial charge >= 0.3 is 5.97 Å². The highest BCUT2D eigenvalue weighted by atomic mass is 79.9. The molecule has 0 bridgehead atoms. The molecule has 0 spiro atoms. The molecule has 5 heteroatoms. The number of hydrogen-bond donors (Lipinski definition) is 1. The molecule has 3 rings (SSSR count). The van der Waals surface area contributed by atoms with Crippen LogP contribution in [-0.4, -0.2) is 29.1 Å². The van der Waals surface area contributed by atoms with Crippen LogP contribution in [0.25, 0.3) is 10.9 Å². The molecule has 1 aromatic heterocycles. The zero-order valence-corrected chi connectivity index (χ0v) is 12.5. The highest BCUT2D eigenvalue weighted by molar-refractivity contribution is 9.10. The van der Waals surface area contributed by atoms with E-state index < -0.39 is 5.97 Å². The number of benzene rings is 1. The zero-order valence-electron chi connectivity index (χ0n) is 10.9. The number of carboxylic acid groups (broad SMARTS) is 1. The van der Waals surface area contributed by atoms with E-state index in [1.54, 1.807) is 6.20 Å². The van der Waals surface area contributed by atoms with Crippen molar-refractivity contribution in [2.24, 2.45) is 5.92 Å². The molecule has 1 atom stereocenters. The van der Waals surface area contributed by atoms with Gasteiger partial charge in [-0.25, -0.2) is 0 Å². The van der Waals surface area contributed by atoms with Gasteiger partial charge in [-0.05, 0) is 37.1 Å². The monoisotopic (exact) mass is 334 g/mol. The second-order valence-electron chi connectivity index (χ2n) is 5.11. The van der Waals surface area contributed by atoms with Crippen LogP contribution in [0.5, 0.6) is 0 Å². The van der Waals surface area contributed by atoms with Gasteiger partial charge in [0.15, 0.2) is 0 Å². The van der Waals surface area contributed by atoms with E-state index in [-0.39, 0.29) is 5.92 Å². The van der Waals surface area contributed by atoms with Crippen LogP contribution in [0.3, 0.4) is 0 Å². The number of halogens is 1. The first-order valence-corrected chi connectivity index (χ1v) is 7.46. The Balaban J connectivity index is 2.01. The summed E-state index contributed by atoms with van der Waals surface area (Å²) in [5.74, 6) is -0.978. The van der Waals surface area contributed by atoms with E-state index in [1.165, 1.54) is 0 Å². The molecule has 2 aromatic rings. The van der Waals surface area contributed by atoms with Crippen molar-refractivity contribution in [2.45, 2.75) is 12.8 Å². The minimum absolute atomic E-state index is 0.279. The van der Waals surface area contributed by atoms with E-state index in [4.69, 9.17) is 0 Å². The Hall–Kier alpha value is -1.62. The summed E-state index contributed by atoms with van der Waals surface area (Å²) < 4.78 is 1.01. The Morgan fingerprint density at radius 1 is 1.40 bits per heavy atom. The third-order valence-corrected chi connectivity index (χ3v) is 4.29. The number of nitrogens with zero attached hydrogens (tertiary/aromatic N) is 2. The van der Waals surface area contributed by atoms with Gasteiger partial charge in [0, 0.05) is 34.8 Å². The predicted octanol–water partition coefficient (Wildman–Crippen LogP) is 3.30. The van der Waals surface area contributed by atoms with Crippen LogP contribution < -0.4 is 4.90 Å². The summed E-state index contributed by atoms with van der Waals surface area (Å²) >= 11 is 3.49. The van der Waals surface area contributed by atoms with E-state index in [2.05, 4.69) is 25.8 Å². The Bertz CT molecular complexity index is 659. The summed E-state index contributed by atoms with van der Waals surface area (Å²) in [5.41, 5.74) is 2.00. The van der Waals surface area contributed by atoms with Crippen molar-refractivity contribution in [1.82, 2.24) is 4.98 Å². The number of rotatable bonds is 2. The largest absolute Gasteiger partial charge is 0.481 e. The van der Waals surface area contributed by atoms with Gasteiger partial charge in [-0.3, -0.25) is 9.78 Å². The van der Waals surface area contributed by atoms with Gasteiger partial charge in [-0.15, -0.1) is 0 Å². The third-order valence-electron chi connectivity index (χ3n) is 3.79. The minimum Gasteiger partial charge on any atom is -0.481 e. The second-order valence-corrected chi connectivity index (χ2v) is 6.03. The van der Waals surface area contributed by atoms with Crippen molar-refractivity contribution in [3.63, 3.8) is 0 Å². The third kappa shape index (κ3) is 2.50. The van der Waals surface area contributed by atoms with Crippen molar-refractivity contribution in [3.05, 3.63) is 34.9 Å². The van der Waals surface area contributed by atoms with Gasteiger partial charge < -0.3 is 10.0 Å². The van der Waals surface area contributed by atoms with Gasteiger partial charge in [0.1, 0.15) is 0 Å². The Morgan fingerprint density at radius 3 is 3.05 bits per heavy atom. The maximum absolute atomic E-state index is 11.2. The smallest absolute Gasteiger partial charge is 0.308 e. The Kier molecular flexibility index (Phi) is 3.61. The Labute approximate surface area is 125 Å². The molecule has 2 heterocycles. The van der Waals surface area contributed by atoms with Gasteiger partial charge in [-0.1, -0.05) is 15.9 Å². The van der Waals surface area contributed by atoms with Crippen molar-refractivity contribution >= 4 is 38.5 Å². The highest BCUT2D eigenvalue weighted by Gasteiger charge is 2.26. The van der Waals surface area contributed by atoms with E-state index in [0.717, 1.165) is 40.4 Å². The lowest BCUT2D eigenvalue weighted by molar-refractivity contribution is -0.141. The summed E-state index contributed by atoms with van der Waals surface area (Å²) in [6.07, 6.45) is 3.46. The van der Waals surface area contributed by atoms with Crippen molar-refractivity contribution < 1.29 is 9.90 Å². The minimum atomic E-state index is -0.700. The van der Waals surface area contributed by atoms with Crippen LogP contribution in [-0.2, 0) is 4.79 Å². The zero-order chi connectivity index (χ0) is 14.1. The standard InChI is InChI=1S/C15H15BrN2O2/c16-11-3-4-13-12(8-11)14(5-6-17-13)18-7-1-2-10(9-18)15(19)20/h3-6,8,10H,1-2,7,9H2,(H,19,20). The van der Waals surface area contributed by atoms with Gasteiger partial charge in [0.05, 0.1) is 11.4 Å². The summed E-state index contributed by atoms with van der Waals surface area (Å²) in [6.45, 7) is 1.47. The molecule has 1 saturated heterocycles. The van der Waals surface area contributed by atoms with Crippen LogP contribution in [0.15, 0.2) is 34.9 Å². The van der Waals surface area contributed by atoms with Crippen LogP contribution in [0.1, 0.15) is 12.8 Å². The number of anilines is 1. The maximum Gasteiger partial charge on any atom is 0.308 e. The molecule has 0 aliphatic carbocycles. The van der Waals surface area contributed by atoms with Gasteiger partial charge in [0.2, 0.25) is 0 Å². The summed E-state index contributed by atoms with van der Waals surface area (Å²) in [4.78, 5) is 17.7. The molecular weight excluding hydrogens is 320 g/mol. The number of piperidine rings is 1. The molecule has 1 aliphatic heterocycles. The molecule has 1 fully saturated rings. The quantitative estimate of drug-likeness (QED) is 0.915. The first-order chi connectivity index (χ1) is 9.65. The van der Waals surface area contributed by atoms with Gasteiger partial charge in [0.25, 0.3) is 0 Å². The summed E-state index contributed by atoms with van der Waals surface area (Å²) in [6, 6.07) is 7.96. The summed E-state index contributed by atoms with van der Waals surface area (Å²) in [5, 5.41) is 10.3. The SMILES string of the molecule is O=C(O)C1CCCN(c2ccnc3ccc(Br)cc23)C1. The number of fused-ring (bicyclic) bond motifs is 1.